The Bertz CT molecular complexity index is 491. The number of nitrogens with zero attached hydrogens (tertiary/aromatic N) is 1. The fraction of sp³-hybridized carbons (Fsp3) is 0.545. The first-order valence-electron chi connectivity index (χ1n) is 5.62. The highest BCUT2D eigenvalue weighted by molar-refractivity contribution is 7.07. The number of carboxylic acid groups (broad SMARTS) is 1. The van der Waals surface area contributed by atoms with E-state index in [1.807, 2.05) is 6.92 Å². The van der Waals surface area contributed by atoms with E-state index in [1.165, 1.54) is 4.57 Å². The third-order valence-corrected chi connectivity index (χ3v) is 3.37. The number of aliphatic carboxylic acids is 1. The molecule has 1 amide bonds. The number of amides is 1. The summed E-state index contributed by atoms with van der Waals surface area (Å²) in [5.74, 6) is -1.51. The zero-order valence-electron chi connectivity index (χ0n) is 10.3. The van der Waals surface area contributed by atoms with Crippen LogP contribution in [0.15, 0.2) is 10.2 Å². The maximum absolute atomic E-state index is 11.7. The number of rotatable bonds is 6. The Morgan fingerprint density at radius 2 is 2.22 bits per heavy atom. The molecule has 0 saturated carbocycles. The minimum atomic E-state index is -1.06. The number of carbonyl (C=O) groups excluding carboxylic acids is 1. The zero-order valence-corrected chi connectivity index (χ0v) is 11.1. The van der Waals surface area contributed by atoms with Gasteiger partial charge in [0.25, 0.3) is 0 Å². The van der Waals surface area contributed by atoms with Crippen molar-refractivity contribution in [2.24, 2.45) is 0 Å². The Balaban J connectivity index is 2.66. The standard InChI is InChI=1S/C11H16N2O4S/c1-3-4-8(10(15)16)12-9(14)5-13-7(2)6-18-11(13)17/h6,8H,3-5H2,1-2H3,(H,12,14)(H,15,16). The second-order valence-electron chi connectivity index (χ2n) is 3.98. The maximum Gasteiger partial charge on any atom is 0.326 e. The van der Waals surface area contributed by atoms with Gasteiger partial charge in [0.05, 0.1) is 0 Å². The fourth-order valence-corrected chi connectivity index (χ4v) is 2.26. The monoisotopic (exact) mass is 272 g/mol. The van der Waals surface area contributed by atoms with E-state index in [0.29, 0.717) is 18.5 Å². The van der Waals surface area contributed by atoms with Gasteiger partial charge in [-0.15, -0.1) is 0 Å². The first kappa shape index (κ1) is 14.4. The molecule has 0 aromatic carbocycles. The number of hydrogen-bond acceptors (Lipinski definition) is 4. The topological polar surface area (TPSA) is 88.4 Å². The van der Waals surface area contributed by atoms with Gasteiger partial charge in [-0.1, -0.05) is 24.7 Å². The van der Waals surface area contributed by atoms with E-state index in [4.69, 9.17) is 5.11 Å². The van der Waals surface area contributed by atoms with Crippen LogP contribution in [-0.2, 0) is 16.1 Å². The predicted molar refractivity (Wildman–Crippen MR) is 67.8 cm³/mol. The first-order valence-corrected chi connectivity index (χ1v) is 6.50. The van der Waals surface area contributed by atoms with Crippen molar-refractivity contribution in [1.82, 2.24) is 9.88 Å². The number of hydrogen-bond donors (Lipinski definition) is 2. The van der Waals surface area contributed by atoms with E-state index in [9.17, 15) is 14.4 Å². The maximum atomic E-state index is 11.7. The molecule has 1 rings (SSSR count). The van der Waals surface area contributed by atoms with Crippen LogP contribution >= 0.6 is 11.3 Å². The van der Waals surface area contributed by atoms with Gasteiger partial charge in [-0.3, -0.25) is 14.2 Å². The summed E-state index contributed by atoms with van der Waals surface area (Å²) in [5.41, 5.74) is 0.697. The van der Waals surface area contributed by atoms with Gasteiger partial charge in [0, 0.05) is 11.1 Å². The molecule has 0 bridgehead atoms. The molecular weight excluding hydrogens is 256 g/mol. The molecule has 0 aliphatic carbocycles. The van der Waals surface area contributed by atoms with E-state index in [0.717, 1.165) is 11.3 Å². The summed E-state index contributed by atoms with van der Waals surface area (Å²) >= 11 is 1.02. The molecule has 1 aromatic rings. The number of aromatic nitrogens is 1. The van der Waals surface area contributed by atoms with Crippen molar-refractivity contribution in [3.63, 3.8) is 0 Å². The van der Waals surface area contributed by atoms with E-state index in [2.05, 4.69) is 5.32 Å². The highest BCUT2D eigenvalue weighted by Gasteiger charge is 2.19. The van der Waals surface area contributed by atoms with Crippen molar-refractivity contribution in [1.29, 1.82) is 0 Å². The predicted octanol–water partition coefficient (Wildman–Crippen LogP) is 0.588. The van der Waals surface area contributed by atoms with E-state index in [-0.39, 0.29) is 11.4 Å². The lowest BCUT2D eigenvalue weighted by Crippen LogP contribution is -2.43. The molecule has 0 radical (unpaired) electrons. The zero-order chi connectivity index (χ0) is 13.7. The molecule has 6 nitrogen and oxygen atoms in total. The lowest BCUT2D eigenvalue weighted by Gasteiger charge is -2.13. The summed E-state index contributed by atoms with van der Waals surface area (Å²) < 4.78 is 1.32. The first-order chi connectivity index (χ1) is 8.45. The van der Waals surface area contributed by atoms with Gasteiger partial charge in [0.15, 0.2) is 0 Å². The molecule has 1 heterocycles. The summed E-state index contributed by atoms with van der Waals surface area (Å²) in [6, 6.07) is -0.892. The highest BCUT2D eigenvalue weighted by atomic mass is 32.1. The van der Waals surface area contributed by atoms with Gasteiger partial charge in [0.1, 0.15) is 12.6 Å². The lowest BCUT2D eigenvalue weighted by molar-refractivity contribution is -0.142. The molecule has 2 N–H and O–H groups in total. The molecule has 1 aromatic heterocycles. The summed E-state index contributed by atoms with van der Waals surface area (Å²) in [4.78, 5) is 33.7. The highest BCUT2D eigenvalue weighted by Crippen LogP contribution is 2.00. The average molecular weight is 272 g/mol. The van der Waals surface area contributed by atoms with Crippen molar-refractivity contribution in [3.8, 4) is 0 Å². The Hall–Kier alpha value is -1.63. The Morgan fingerprint density at radius 1 is 1.56 bits per heavy atom. The van der Waals surface area contributed by atoms with Gasteiger partial charge in [-0.25, -0.2) is 4.79 Å². The van der Waals surface area contributed by atoms with Crippen LogP contribution in [0.1, 0.15) is 25.5 Å². The molecule has 18 heavy (non-hydrogen) atoms. The largest absolute Gasteiger partial charge is 0.480 e. The van der Waals surface area contributed by atoms with Gasteiger partial charge in [0.2, 0.25) is 5.91 Å². The second-order valence-corrected chi connectivity index (χ2v) is 4.80. The quantitative estimate of drug-likeness (QED) is 0.793. The van der Waals surface area contributed by atoms with Crippen LogP contribution in [0, 0.1) is 6.92 Å². The van der Waals surface area contributed by atoms with Crippen LogP contribution in [0.25, 0.3) is 0 Å². The van der Waals surface area contributed by atoms with Crippen LogP contribution < -0.4 is 10.2 Å². The second kappa shape index (κ2) is 6.34. The Labute approximate surface area is 108 Å². The Morgan fingerprint density at radius 3 is 2.67 bits per heavy atom. The van der Waals surface area contributed by atoms with Crippen molar-refractivity contribution in [2.75, 3.05) is 0 Å². The van der Waals surface area contributed by atoms with Gasteiger partial charge in [-0.2, -0.15) is 0 Å². The third kappa shape index (κ3) is 3.69. The van der Waals surface area contributed by atoms with Crippen molar-refractivity contribution >= 4 is 23.2 Å². The van der Waals surface area contributed by atoms with Gasteiger partial charge >= 0.3 is 10.8 Å². The summed E-state index contributed by atoms with van der Waals surface area (Å²) in [6.45, 7) is 3.43. The minimum Gasteiger partial charge on any atom is -0.480 e. The lowest BCUT2D eigenvalue weighted by atomic mass is 10.1. The molecule has 100 valence electrons. The molecule has 0 aliphatic heterocycles. The van der Waals surface area contributed by atoms with E-state index in [1.54, 1.807) is 12.3 Å². The molecule has 0 spiro atoms. The van der Waals surface area contributed by atoms with Crippen molar-refractivity contribution in [3.05, 3.63) is 20.7 Å². The normalized spacial score (nSPS) is 12.1. The van der Waals surface area contributed by atoms with E-state index < -0.39 is 17.9 Å². The Kier molecular flexibility index (Phi) is 5.08. The molecule has 0 aliphatic rings. The van der Waals surface area contributed by atoms with Crippen LogP contribution in [0.3, 0.4) is 0 Å². The molecule has 0 fully saturated rings. The number of aryl methyl sites for hydroxylation is 1. The molecule has 7 heteroatoms. The average Bonchev–Trinajstić information content (AvgIpc) is 2.60. The van der Waals surface area contributed by atoms with Crippen LogP contribution in [-0.4, -0.2) is 27.6 Å². The van der Waals surface area contributed by atoms with Crippen molar-refractivity contribution < 1.29 is 14.7 Å². The number of carboxylic acids is 1. The summed E-state index contributed by atoms with van der Waals surface area (Å²) in [6.07, 6.45) is 1.03. The van der Waals surface area contributed by atoms with Crippen molar-refractivity contribution in [2.45, 2.75) is 39.3 Å². The van der Waals surface area contributed by atoms with Gasteiger partial charge < -0.3 is 10.4 Å². The van der Waals surface area contributed by atoms with Crippen LogP contribution in [0.4, 0.5) is 0 Å². The number of carbonyl (C=O) groups is 2. The molecule has 1 atom stereocenters. The van der Waals surface area contributed by atoms with Crippen LogP contribution in [0.5, 0.6) is 0 Å². The van der Waals surface area contributed by atoms with Gasteiger partial charge in [-0.05, 0) is 13.3 Å². The molecule has 1 unspecified atom stereocenters. The number of nitrogens with one attached hydrogen (secondary N) is 1. The summed E-state index contributed by atoms with van der Waals surface area (Å²) in [5, 5.41) is 13.0. The smallest absolute Gasteiger partial charge is 0.326 e. The SMILES string of the molecule is CCCC(NC(=O)Cn1c(C)csc1=O)C(=O)O. The van der Waals surface area contributed by atoms with E-state index >= 15 is 0 Å². The minimum absolute atomic E-state index is 0.137. The molecule has 0 saturated heterocycles. The van der Waals surface area contributed by atoms with Crippen LogP contribution in [0.2, 0.25) is 0 Å². The summed E-state index contributed by atoms with van der Waals surface area (Å²) in [7, 11) is 0. The third-order valence-electron chi connectivity index (χ3n) is 2.49. The fourth-order valence-electron chi connectivity index (χ4n) is 1.53. The molecular formula is C11H16N2O4S. The number of thiazole rings is 1.